The van der Waals surface area contributed by atoms with Gasteiger partial charge in [0.15, 0.2) is 5.82 Å². The molecule has 1 N–H and O–H groups in total. The monoisotopic (exact) mass is 434 g/mol. The second-order valence-corrected chi connectivity index (χ2v) is 7.87. The van der Waals surface area contributed by atoms with Crippen LogP contribution in [0.4, 0.5) is 4.39 Å². The molecular formula is C23H19FN4O4. The fourth-order valence-corrected chi connectivity index (χ4v) is 4.17. The van der Waals surface area contributed by atoms with Crippen LogP contribution in [-0.2, 0) is 0 Å². The van der Waals surface area contributed by atoms with Gasteiger partial charge in [-0.1, -0.05) is 18.0 Å². The molecule has 1 atom stereocenters. The fraction of sp³-hybridized carbons (Fsp3) is 0.261. The highest BCUT2D eigenvalue weighted by molar-refractivity contribution is 6.22. The van der Waals surface area contributed by atoms with Gasteiger partial charge < -0.3 is 9.42 Å². The summed E-state index contributed by atoms with van der Waals surface area (Å²) in [4.78, 5) is 43.4. The van der Waals surface area contributed by atoms with Crippen LogP contribution in [0.15, 0.2) is 47.0 Å². The lowest BCUT2D eigenvalue weighted by atomic mass is 10.0. The molecule has 0 bridgehead atoms. The van der Waals surface area contributed by atoms with Gasteiger partial charge in [-0.15, -0.1) is 0 Å². The van der Waals surface area contributed by atoms with E-state index in [1.54, 1.807) is 23.1 Å². The molecule has 0 aliphatic carbocycles. The number of carbonyl (C=O) groups is 3. The number of fused-ring (bicyclic) bond motifs is 1. The standard InChI is InChI=1S/C23H19FN4O4/c24-15-8-5-13(6-9-15)22-25-19(27-32-22)18-4-2-1-3-11-28(18)23(31)14-7-10-16-17(12-14)21(30)26-20(16)29/h5-10,12,18H,1-4,11H2,(H,26,29,30). The van der Waals surface area contributed by atoms with Crippen molar-refractivity contribution in [1.29, 1.82) is 0 Å². The molecule has 8 nitrogen and oxygen atoms in total. The summed E-state index contributed by atoms with van der Waals surface area (Å²) in [5, 5.41) is 6.34. The highest BCUT2D eigenvalue weighted by Gasteiger charge is 2.33. The topological polar surface area (TPSA) is 105 Å². The SMILES string of the molecule is O=C1NC(=O)c2cc(C(=O)N3CCCCCC3c3noc(-c4ccc(F)cc4)n3)ccc21. The van der Waals surface area contributed by atoms with Crippen molar-refractivity contribution in [2.45, 2.75) is 31.7 Å². The molecule has 1 aromatic heterocycles. The predicted octanol–water partition coefficient (Wildman–Crippen LogP) is 3.52. The molecule has 9 heteroatoms. The summed E-state index contributed by atoms with van der Waals surface area (Å²) in [6.07, 6.45) is 3.35. The van der Waals surface area contributed by atoms with Crippen LogP contribution in [0.3, 0.4) is 0 Å². The quantitative estimate of drug-likeness (QED) is 0.633. The Morgan fingerprint density at radius 3 is 2.62 bits per heavy atom. The normalized spacial score (nSPS) is 18.3. The van der Waals surface area contributed by atoms with E-state index in [1.807, 2.05) is 0 Å². The maximum absolute atomic E-state index is 13.4. The number of benzene rings is 2. The second kappa shape index (κ2) is 7.99. The summed E-state index contributed by atoms with van der Waals surface area (Å²) in [6.45, 7) is 0.506. The molecule has 1 unspecified atom stereocenters. The lowest BCUT2D eigenvalue weighted by molar-refractivity contribution is 0.0670. The lowest BCUT2D eigenvalue weighted by Crippen LogP contribution is -2.35. The summed E-state index contributed by atoms with van der Waals surface area (Å²) in [5.74, 6) is -0.956. The molecular weight excluding hydrogens is 415 g/mol. The van der Waals surface area contributed by atoms with Crippen LogP contribution in [0.5, 0.6) is 0 Å². The van der Waals surface area contributed by atoms with Crippen molar-refractivity contribution in [3.8, 4) is 11.5 Å². The maximum Gasteiger partial charge on any atom is 0.258 e. The number of carbonyl (C=O) groups excluding carboxylic acids is 3. The summed E-state index contributed by atoms with van der Waals surface area (Å²) >= 11 is 0. The van der Waals surface area contributed by atoms with Crippen LogP contribution < -0.4 is 5.32 Å². The van der Waals surface area contributed by atoms with Gasteiger partial charge in [0.2, 0.25) is 0 Å². The van der Waals surface area contributed by atoms with Gasteiger partial charge in [-0.05, 0) is 55.3 Å². The summed E-state index contributed by atoms with van der Waals surface area (Å²) in [7, 11) is 0. The summed E-state index contributed by atoms with van der Waals surface area (Å²) in [6, 6.07) is 9.86. The number of nitrogens with one attached hydrogen (secondary N) is 1. The molecule has 0 saturated carbocycles. The Morgan fingerprint density at radius 2 is 1.81 bits per heavy atom. The Hall–Kier alpha value is -3.88. The average Bonchev–Trinajstić information content (AvgIpc) is 3.30. The van der Waals surface area contributed by atoms with Gasteiger partial charge in [0.1, 0.15) is 5.82 Å². The Kier molecular flexibility index (Phi) is 5.01. The van der Waals surface area contributed by atoms with Crippen molar-refractivity contribution in [2.24, 2.45) is 0 Å². The van der Waals surface area contributed by atoms with Gasteiger partial charge in [0.05, 0.1) is 17.2 Å². The van der Waals surface area contributed by atoms with Gasteiger partial charge in [0, 0.05) is 17.7 Å². The molecule has 2 aromatic carbocycles. The van der Waals surface area contributed by atoms with Crippen molar-refractivity contribution in [3.63, 3.8) is 0 Å². The number of imide groups is 1. The summed E-state index contributed by atoms with van der Waals surface area (Å²) in [5.41, 5.74) is 1.38. The van der Waals surface area contributed by atoms with Crippen molar-refractivity contribution in [3.05, 3.63) is 70.8 Å². The van der Waals surface area contributed by atoms with Crippen LogP contribution in [0, 0.1) is 5.82 Å². The number of amides is 3. The first-order valence-electron chi connectivity index (χ1n) is 10.4. The summed E-state index contributed by atoms with van der Waals surface area (Å²) < 4.78 is 18.6. The molecule has 3 heterocycles. The minimum atomic E-state index is -0.505. The van der Waals surface area contributed by atoms with Crippen LogP contribution in [-0.4, -0.2) is 39.3 Å². The first-order chi connectivity index (χ1) is 15.5. The molecule has 1 saturated heterocycles. The van der Waals surface area contributed by atoms with E-state index < -0.39 is 17.9 Å². The number of nitrogens with zero attached hydrogens (tertiary/aromatic N) is 3. The Balaban J connectivity index is 1.46. The number of likely N-dealkylation sites (tertiary alicyclic amines) is 1. The number of halogens is 1. The first kappa shape index (κ1) is 20.0. The molecule has 5 rings (SSSR count). The Labute approximate surface area is 182 Å². The lowest BCUT2D eigenvalue weighted by Gasteiger charge is -2.28. The van der Waals surface area contributed by atoms with E-state index in [2.05, 4.69) is 15.5 Å². The zero-order valence-electron chi connectivity index (χ0n) is 17.0. The van der Waals surface area contributed by atoms with Crippen molar-refractivity contribution < 1.29 is 23.3 Å². The molecule has 3 aromatic rings. The van der Waals surface area contributed by atoms with E-state index in [0.29, 0.717) is 29.9 Å². The van der Waals surface area contributed by atoms with Crippen LogP contribution >= 0.6 is 0 Å². The third-order valence-corrected chi connectivity index (χ3v) is 5.83. The number of rotatable bonds is 3. The molecule has 32 heavy (non-hydrogen) atoms. The van der Waals surface area contributed by atoms with Gasteiger partial charge >= 0.3 is 0 Å². The molecule has 0 spiro atoms. The van der Waals surface area contributed by atoms with E-state index in [0.717, 1.165) is 19.3 Å². The van der Waals surface area contributed by atoms with Crippen LogP contribution in [0.2, 0.25) is 0 Å². The van der Waals surface area contributed by atoms with E-state index >= 15 is 0 Å². The third kappa shape index (κ3) is 3.55. The van der Waals surface area contributed by atoms with E-state index in [-0.39, 0.29) is 28.7 Å². The molecule has 2 aliphatic rings. The van der Waals surface area contributed by atoms with Gasteiger partial charge in [0.25, 0.3) is 23.6 Å². The van der Waals surface area contributed by atoms with E-state index in [9.17, 15) is 18.8 Å². The van der Waals surface area contributed by atoms with Crippen LogP contribution in [0.1, 0.15) is 68.6 Å². The van der Waals surface area contributed by atoms with Crippen molar-refractivity contribution in [1.82, 2.24) is 20.4 Å². The van der Waals surface area contributed by atoms with E-state index in [1.165, 1.54) is 24.3 Å². The Bertz CT molecular complexity index is 1220. The number of hydrogen-bond donors (Lipinski definition) is 1. The van der Waals surface area contributed by atoms with Gasteiger partial charge in [-0.3, -0.25) is 19.7 Å². The zero-order chi connectivity index (χ0) is 22.2. The zero-order valence-corrected chi connectivity index (χ0v) is 17.0. The van der Waals surface area contributed by atoms with Crippen molar-refractivity contribution >= 4 is 17.7 Å². The van der Waals surface area contributed by atoms with Crippen LogP contribution in [0.25, 0.3) is 11.5 Å². The molecule has 0 radical (unpaired) electrons. The number of hydrogen-bond acceptors (Lipinski definition) is 6. The smallest absolute Gasteiger partial charge is 0.258 e. The Morgan fingerprint density at radius 1 is 1.03 bits per heavy atom. The molecule has 2 aliphatic heterocycles. The first-order valence-corrected chi connectivity index (χ1v) is 10.4. The molecule has 162 valence electrons. The molecule has 1 fully saturated rings. The largest absolute Gasteiger partial charge is 0.334 e. The minimum absolute atomic E-state index is 0.199. The fourth-order valence-electron chi connectivity index (χ4n) is 4.17. The number of aromatic nitrogens is 2. The van der Waals surface area contributed by atoms with Gasteiger partial charge in [-0.2, -0.15) is 4.98 Å². The highest BCUT2D eigenvalue weighted by Crippen LogP contribution is 2.32. The highest BCUT2D eigenvalue weighted by atomic mass is 19.1. The predicted molar refractivity (Wildman–Crippen MR) is 110 cm³/mol. The maximum atomic E-state index is 13.4. The van der Waals surface area contributed by atoms with E-state index in [4.69, 9.17) is 4.52 Å². The average molecular weight is 434 g/mol. The molecule has 3 amide bonds. The third-order valence-electron chi connectivity index (χ3n) is 5.83. The van der Waals surface area contributed by atoms with Gasteiger partial charge in [-0.25, -0.2) is 4.39 Å². The van der Waals surface area contributed by atoms with Crippen molar-refractivity contribution in [2.75, 3.05) is 6.54 Å². The minimum Gasteiger partial charge on any atom is -0.334 e. The second-order valence-electron chi connectivity index (χ2n) is 7.87.